The Kier molecular flexibility index (Phi) is 6.90. The van der Waals surface area contributed by atoms with E-state index in [-0.39, 0.29) is 0 Å². The molecule has 0 amide bonds. The number of hydrogen-bond donors (Lipinski definition) is 2. The van der Waals surface area contributed by atoms with Crippen molar-refractivity contribution < 1.29 is 4.74 Å². The van der Waals surface area contributed by atoms with Crippen LogP contribution in [0.2, 0.25) is 0 Å². The SMILES string of the molecule is CNCCN1CCC(/C2=C/Cc3[nH]c(-c4ccccc4OC)nc3C(C)CC2)CC1. The number of benzene rings is 1. The monoisotopic (exact) mass is 408 g/mol. The van der Waals surface area contributed by atoms with E-state index in [2.05, 4.69) is 34.3 Å². The van der Waals surface area contributed by atoms with Crippen LogP contribution in [0.25, 0.3) is 11.4 Å². The van der Waals surface area contributed by atoms with E-state index in [9.17, 15) is 0 Å². The topological polar surface area (TPSA) is 53.2 Å². The van der Waals surface area contributed by atoms with Gasteiger partial charge in [-0.1, -0.05) is 30.7 Å². The molecule has 2 aliphatic rings. The van der Waals surface area contributed by atoms with Gasteiger partial charge in [-0.2, -0.15) is 0 Å². The number of likely N-dealkylation sites (tertiary alicyclic amines) is 1. The summed E-state index contributed by atoms with van der Waals surface area (Å²) in [6.45, 7) is 7.04. The summed E-state index contributed by atoms with van der Waals surface area (Å²) in [4.78, 5) is 11.2. The van der Waals surface area contributed by atoms with E-state index in [1.165, 1.54) is 56.7 Å². The highest BCUT2D eigenvalue weighted by Crippen LogP contribution is 2.36. The lowest BCUT2D eigenvalue weighted by Gasteiger charge is -2.34. The number of hydrogen-bond acceptors (Lipinski definition) is 4. The standard InChI is InChI=1S/C25H36N4O/c1-18-8-9-19(20-12-15-29(16-13-20)17-14-26-2)10-11-22-24(18)28-25(27-22)21-6-4-5-7-23(21)30-3/h4-7,10,18,20,26H,8-9,11-17H2,1-3H3,(H,27,28)/b19-10+. The van der Waals surface area contributed by atoms with Crippen molar-refractivity contribution in [2.75, 3.05) is 40.3 Å². The van der Waals surface area contributed by atoms with E-state index in [1.807, 2.05) is 25.2 Å². The number of H-pyrrole nitrogens is 1. The highest BCUT2D eigenvalue weighted by molar-refractivity contribution is 5.64. The fourth-order valence-electron chi connectivity index (χ4n) is 4.98. The van der Waals surface area contributed by atoms with Gasteiger partial charge in [0.2, 0.25) is 0 Å². The minimum Gasteiger partial charge on any atom is -0.496 e. The fourth-order valence-corrected chi connectivity index (χ4v) is 4.98. The molecule has 5 heteroatoms. The maximum absolute atomic E-state index is 5.56. The van der Waals surface area contributed by atoms with Gasteiger partial charge in [0, 0.05) is 31.1 Å². The van der Waals surface area contributed by atoms with Crippen LogP contribution in [0.3, 0.4) is 0 Å². The van der Waals surface area contributed by atoms with Crippen LogP contribution in [0.1, 0.15) is 49.9 Å². The molecule has 4 rings (SSSR count). The Balaban J connectivity index is 1.50. The van der Waals surface area contributed by atoms with Gasteiger partial charge in [-0.3, -0.25) is 0 Å². The first-order valence-electron chi connectivity index (χ1n) is 11.5. The highest BCUT2D eigenvalue weighted by Gasteiger charge is 2.25. The number of piperidine rings is 1. The second-order valence-electron chi connectivity index (χ2n) is 8.79. The number of methoxy groups -OCH3 is 1. The molecule has 162 valence electrons. The van der Waals surface area contributed by atoms with Gasteiger partial charge in [-0.05, 0) is 63.9 Å². The molecule has 1 unspecified atom stereocenters. The molecule has 1 aromatic carbocycles. The molecule has 0 radical (unpaired) electrons. The largest absolute Gasteiger partial charge is 0.496 e. The lowest BCUT2D eigenvalue weighted by Crippen LogP contribution is -2.38. The number of aromatic amines is 1. The molecule has 5 nitrogen and oxygen atoms in total. The first kappa shape index (κ1) is 21.1. The second kappa shape index (κ2) is 9.80. The third-order valence-corrected chi connectivity index (χ3v) is 6.86. The van der Waals surface area contributed by atoms with Crippen molar-refractivity contribution >= 4 is 0 Å². The number of nitrogens with zero attached hydrogens (tertiary/aromatic N) is 2. The third kappa shape index (κ3) is 4.62. The van der Waals surface area contributed by atoms with E-state index >= 15 is 0 Å². The summed E-state index contributed by atoms with van der Waals surface area (Å²) in [6, 6.07) is 8.13. The zero-order valence-corrected chi connectivity index (χ0v) is 18.7. The Morgan fingerprint density at radius 1 is 1.20 bits per heavy atom. The molecule has 2 heterocycles. The van der Waals surface area contributed by atoms with E-state index < -0.39 is 0 Å². The Bertz CT molecular complexity index is 864. The number of nitrogens with one attached hydrogen (secondary N) is 2. The molecule has 1 aromatic heterocycles. The van der Waals surface area contributed by atoms with Gasteiger partial charge in [0.25, 0.3) is 0 Å². The number of imidazole rings is 1. The number of para-hydroxylation sites is 1. The number of fused-ring (bicyclic) bond motifs is 1. The zero-order valence-electron chi connectivity index (χ0n) is 18.7. The summed E-state index contributed by atoms with van der Waals surface area (Å²) >= 11 is 0. The van der Waals surface area contributed by atoms with Crippen LogP contribution in [0, 0.1) is 5.92 Å². The minimum absolute atomic E-state index is 0.471. The average molecular weight is 409 g/mol. The average Bonchev–Trinajstić information content (AvgIpc) is 3.20. The molecular weight excluding hydrogens is 372 g/mol. The summed E-state index contributed by atoms with van der Waals surface area (Å²) in [6.07, 6.45) is 8.44. The molecule has 1 aliphatic carbocycles. The quantitative estimate of drug-likeness (QED) is 0.697. The summed E-state index contributed by atoms with van der Waals surface area (Å²) in [5.41, 5.74) is 5.21. The van der Waals surface area contributed by atoms with Crippen molar-refractivity contribution in [2.45, 2.75) is 44.9 Å². The first-order chi connectivity index (χ1) is 14.7. The number of aromatic nitrogens is 2. The molecule has 2 aromatic rings. The lowest BCUT2D eigenvalue weighted by molar-refractivity contribution is 0.198. The van der Waals surface area contributed by atoms with Crippen molar-refractivity contribution in [2.24, 2.45) is 5.92 Å². The molecule has 1 aliphatic heterocycles. The highest BCUT2D eigenvalue weighted by atomic mass is 16.5. The van der Waals surface area contributed by atoms with E-state index in [0.717, 1.165) is 36.0 Å². The molecule has 1 fully saturated rings. The lowest BCUT2D eigenvalue weighted by atomic mass is 9.82. The second-order valence-corrected chi connectivity index (χ2v) is 8.79. The summed E-state index contributed by atoms with van der Waals surface area (Å²) < 4.78 is 5.56. The summed E-state index contributed by atoms with van der Waals surface area (Å²) in [7, 11) is 3.76. The van der Waals surface area contributed by atoms with Gasteiger partial charge < -0.3 is 19.9 Å². The van der Waals surface area contributed by atoms with Crippen LogP contribution in [-0.4, -0.2) is 55.2 Å². The molecule has 1 atom stereocenters. The maximum atomic E-state index is 5.56. The predicted molar refractivity (Wildman–Crippen MR) is 123 cm³/mol. The van der Waals surface area contributed by atoms with Gasteiger partial charge in [0.15, 0.2) is 0 Å². The van der Waals surface area contributed by atoms with Crippen LogP contribution in [0.15, 0.2) is 35.9 Å². The van der Waals surface area contributed by atoms with E-state index in [4.69, 9.17) is 9.72 Å². The van der Waals surface area contributed by atoms with Crippen molar-refractivity contribution in [1.82, 2.24) is 20.2 Å². The van der Waals surface area contributed by atoms with Crippen molar-refractivity contribution in [1.29, 1.82) is 0 Å². The van der Waals surface area contributed by atoms with Crippen molar-refractivity contribution in [3.8, 4) is 17.1 Å². The molecule has 30 heavy (non-hydrogen) atoms. The Labute approximate surface area is 180 Å². The number of likely N-dealkylation sites (N-methyl/N-ethyl adjacent to an activating group) is 1. The molecular formula is C25H36N4O. The summed E-state index contributed by atoms with van der Waals surface area (Å²) in [5.74, 6) is 3.02. The first-order valence-corrected chi connectivity index (χ1v) is 11.5. The van der Waals surface area contributed by atoms with Gasteiger partial charge in [0.05, 0.1) is 18.4 Å². The Hall–Kier alpha value is -2.11. The third-order valence-electron chi connectivity index (χ3n) is 6.86. The Morgan fingerprint density at radius 3 is 2.77 bits per heavy atom. The number of allylic oxidation sites excluding steroid dienone is 2. The van der Waals surface area contributed by atoms with Gasteiger partial charge in [-0.25, -0.2) is 4.98 Å². The van der Waals surface area contributed by atoms with Crippen LogP contribution in [-0.2, 0) is 6.42 Å². The Morgan fingerprint density at radius 2 is 2.00 bits per heavy atom. The molecule has 0 bridgehead atoms. The van der Waals surface area contributed by atoms with Gasteiger partial charge in [-0.15, -0.1) is 0 Å². The van der Waals surface area contributed by atoms with Crippen molar-refractivity contribution in [3.05, 3.63) is 47.3 Å². The van der Waals surface area contributed by atoms with Crippen LogP contribution < -0.4 is 10.1 Å². The minimum atomic E-state index is 0.471. The number of ether oxygens (including phenoxy) is 1. The normalized spacial score (nSPS) is 22.6. The molecule has 0 saturated carbocycles. The smallest absolute Gasteiger partial charge is 0.141 e. The van der Waals surface area contributed by atoms with Crippen LogP contribution in [0.5, 0.6) is 5.75 Å². The van der Waals surface area contributed by atoms with Crippen molar-refractivity contribution in [3.63, 3.8) is 0 Å². The van der Waals surface area contributed by atoms with E-state index in [1.54, 1.807) is 12.7 Å². The van der Waals surface area contributed by atoms with Crippen LogP contribution in [0.4, 0.5) is 0 Å². The summed E-state index contributed by atoms with van der Waals surface area (Å²) in [5, 5.41) is 3.27. The molecule has 1 saturated heterocycles. The van der Waals surface area contributed by atoms with Crippen LogP contribution >= 0.6 is 0 Å². The molecule has 2 N–H and O–H groups in total. The van der Waals surface area contributed by atoms with Gasteiger partial charge in [0.1, 0.15) is 11.6 Å². The predicted octanol–water partition coefficient (Wildman–Crippen LogP) is 4.38. The molecule has 0 spiro atoms. The maximum Gasteiger partial charge on any atom is 0.141 e. The van der Waals surface area contributed by atoms with Gasteiger partial charge >= 0.3 is 0 Å². The fraction of sp³-hybridized carbons (Fsp3) is 0.560. The zero-order chi connectivity index (χ0) is 20.9. The number of rotatable bonds is 6. The van der Waals surface area contributed by atoms with E-state index in [0.29, 0.717) is 5.92 Å².